The van der Waals surface area contributed by atoms with Crippen LogP contribution in [0.1, 0.15) is 15.9 Å². The number of rotatable bonds is 7. The Morgan fingerprint density at radius 1 is 1.08 bits per heavy atom. The Balaban J connectivity index is 2.13. The summed E-state index contributed by atoms with van der Waals surface area (Å²) >= 11 is 6.03. The molecule has 0 heterocycles. The van der Waals surface area contributed by atoms with Crippen molar-refractivity contribution in [3.8, 4) is 17.2 Å². The smallest absolute Gasteiger partial charge is 0.262 e. The van der Waals surface area contributed by atoms with E-state index in [0.29, 0.717) is 22.2 Å². The molecule has 0 saturated carbocycles. The van der Waals surface area contributed by atoms with E-state index >= 15 is 0 Å². The van der Waals surface area contributed by atoms with E-state index in [2.05, 4.69) is 5.32 Å². The minimum absolute atomic E-state index is 0.203. The van der Waals surface area contributed by atoms with Gasteiger partial charge in [0.2, 0.25) is 0 Å². The number of methoxy groups -OCH3 is 2. The van der Waals surface area contributed by atoms with E-state index < -0.39 is 11.8 Å². The van der Waals surface area contributed by atoms with Crippen LogP contribution in [-0.4, -0.2) is 32.6 Å². The molecule has 0 unspecified atom stereocenters. The Bertz CT molecular complexity index is 839. The van der Waals surface area contributed by atoms with Crippen molar-refractivity contribution in [1.82, 2.24) is 0 Å². The summed E-state index contributed by atoms with van der Waals surface area (Å²) in [6.07, 6.45) is 0. The molecule has 0 spiro atoms. The highest BCUT2D eigenvalue weighted by Gasteiger charge is 2.15. The molecule has 2 aromatic rings. The maximum absolute atomic E-state index is 12.2. The predicted octanol–water partition coefficient (Wildman–Crippen LogP) is 2.78. The highest BCUT2D eigenvalue weighted by molar-refractivity contribution is 6.32. The van der Waals surface area contributed by atoms with Crippen molar-refractivity contribution in [1.29, 1.82) is 0 Å². The zero-order valence-electron chi connectivity index (χ0n) is 14.6. The minimum atomic E-state index is -0.635. The van der Waals surface area contributed by atoms with Crippen LogP contribution in [0.4, 0.5) is 5.69 Å². The van der Waals surface area contributed by atoms with Crippen LogP contribution in [0.15, 0.2) is 30.3 Å². The van der Waals surface area contributed by atoms with Gasteiger partial charge in [0, 0.05) is 12.1 Å². The zero-order valence-corrected chi connectivity index (χ0v) is 15.3. The molecule has 138 valence electrons. The zero-order chi connectivity index (χ0) is 19.3. The molecule has 2 amide bonds. The third-order valence-corrected chi connectivity index (χ3v) is 3.80. The number of aryl methyl sites for hydroxylation is 1. The number of amides is 2. The molecule has 0 fully saturated rings. The standard InChI is InChI=1S/C18H19ClN2O5/c1-10-4-5-11(18(20)23)14(6-10)26-9-17(22)21-13-8-15(24-2)12(19)7-16(13)25-3/h4-8H,9H2,1-3H3,(H2,20,23)(H,21,22). The number of nitrogens with one attached hydrogen (secondary N) is 1. The van der Waals surface area contributed by atoms with Gasteiger partial charge in [-0.25, -0.2) is 0 Å². The Morgan fingerprint density at radius 3 is 2.38 bits per heavy atom. The number of hydrogen-bond acceptors (Lipinski definition) is 5. The van der Waals surface area contributed by atoms with Gasteiger partial charge in [-0.3, -0.25) is 9.59 Å². The van der Waals surface area contributed by atoms with Crippen molar-refractivity contribution < 1.29 is 23.8 Å². The maximum Gasteiger partial charge on any atom is 0.262 e. The number of ether oxygens (including phenoxy) is 3. The first-order chi connectivity index (χ1) is 12.3. The normalized spacial score (nSPS) is 10.2. The van der Waals surface area contributed by atoms with Crippen LogP contribution in [0, 0.1) is 6.92 Å². The molecule has 0 aliphatic rings. The summed E-state index contributed by atoms with van der Waals surface area (Å²) in [5, 5.41) is 3.00. The lowest BCUT2D eigenvalue weighted by atomic mass is 10.1. The van der Waals surface area contributed by atoms with Crippen LogP contribution < -0.4 is 25.3 Å². The topological polar surface area (TPSA) is 99.9 Å². The Hall–Kier alpha value is -2.93. The number of halogens is 1. The second-order valence-corrected chi connectivity index (χ2v) is 5.79. The fourth-order valence-corrected chi connectivity index (χ4v) is 2.47. The van der Waals surface area contributed by atoms with Gasteiger partial charge in [-0.05, 0) is 24.6 Å². The average molecular weight is 379 g/mol. The van der Waals surface area contributed by atoms with Gasteiger partial charge in [0.05, 0.1) is 30.5 Å². The summed E-state index contributed by atoms with van der Waals surface area (Å²) in [7, 11) is 2.92. The predicted molar refractivity (Wildman–Crippen MR) is 98.4 cm³/mol. The molecule has 8 heteroatoms. The molecular formula is C18H19ClN2O5. The van der Waals surface area contributed by atoms with Crippen molar-refractivity contribution in [2.24, 2.45) is 5.73 Å². The van der Waals surface area contributed by atoms with E-state index in [9.17, 15) is 9.59 Å². The molecule has 2 rings (SSSR count). The van der Waals surface area contributed by atoms with Gasteiger partial charge in [0.1, 0.15) is 17.2 Å². The Kier molecular flexibility index (Phi) is 6.30. The first-order valence-electron chi connectivity index (χ1n) is 7.60. The number of benzene rings is 2. The molecule has 26 heavy (non-hydrogen) atoms. The summed E-state index contributed by atoms with van der Waals surface area (Å²) in [6.45, 7) is 1.51. The quantitative estimate of drug-likeness (QED) is 0.771. The van der Waals surface area contributed by atoms with E-state index in [1.54, 1.807) is 24.3 Å². The summed E-state index contributed by atoms with van der Waals surface area (Å²) in [6, 6.07) is 8.00. The second-order valence-electron chi connectivity index (χ2n) is 5.39. The van der Waals surface area contributed by atoms with Crippen LogP contribution in [0.25, 0.3) is 0 Å². The summed E-state index contributed by atoms with van der Waals surface area (Å²) < 4.78 is 15.8. The molecule has 0 aliphatic heterocycles. The number of hydrogen-bond donors (Lipinski definition) is 2. The van der Waals surface area contributed by atoms with Crippen LogP contribution in [0.2, 0.25) is 5.02 Å². The number of nitrogens with two attached hydrogens (primary N) is 1. The summed E-state index contributed by atoms with van der Waals surface area (Å²) in [5.74, 6) is -0.0849. The second kappa shape index (κ2) is 8.44. The van der Waals surface area contributed by atoms with Gasteiger partial charge in [-0.15, -0.1) is 0 Å². The molecule has 0 bridgehead atoms. The number of anilines is 1. The third kappa shape index (κ3) is 4.58. The van der Waals surface area contributed by atoms with Gasteiger partial charge in [0.25, 0.3) is 11.8 Å². The summed E-state index contributed by atoms with van der Waals surface area (Å²) in [5.41, 5.74) is 6.77. The van der Waals surface area contributed by atoms with Crippen LogP contribution in [-0.2, 0) is 4.79 Å². The van der Waals surface area contributed by atoms with Crippen LogP contribution in [0.5, 0.6) is 17.2 Å². The van der Waals surface area contributed by atoms with Crippen molar-refractivity contribution in [3.05, 3.63) is 46.5 Å². The Morgan fingerprint density at radius 2 is 1.77 bits per heavy atom. The lowest BCUT2D eigenvalue weighted by Gasteiger charge is -2.14. The lowest BCUT2D eigenvalue weighted by Crippen LogP contribution is -2.22. The molecule has 0 aromatic heterocycles. The molecule has 2 aromatic carbocycles. The third-order valence-electron chi connectivity index (χ3n) is 3.51. The first-order valence-corrected chi connectivity index (χ1v) is 7.98. The number of carbonyl (C=O) groups is 2. The SMILES string of the molecule is COc1cc(NC(=O)COc2cc(C)ccc2C(N)=O)c(OC)cc1Cl. The highest BCUT2D eigenvalue weighted by atomic mass is 35.5. The van der Waals surface area contributed by atoms with E-state index in [1.165, 1.54) is 20.3 Å². The highest BCUT2D eigenvalue weighted by Crippen LogP contribution is 2.35. The fourth-order valence-electron chi connectivity index (χ4n) is 2.24. The fraction of sp³-hybridized carbons (Fsp3) is 0.222. The van der Waals surface area contributed by atoms with Gasteiger partial charge < -0.3 is 25.3 Å². The largest absolute Gasteiger partial charge is 0.495 e. The molecule has 0 aliphatic carbocycles. The van der Waals surface area contributed by atoms with Gasteiger partial charge in [-0.1, -0.05) is 17.7 Å². The van der Waals surface area contributed by atoms with Crippen molar-refractivity contribution in [2.45, 2.75) is 6.92 Å². The monoisotopic (exact) mass is 378 g/mol. The number of primary amides is 1. The van der Waals surface area contributed by atoms with Crippen molar-refractivity contribution in [3.63, 3.8) is 0 Å². The van der Waals surface area contributed by atoms with Crippen LogP contribution >= 0.6 is 11.6 Å². The van der Waals surface area contributed by atoms with E-state index in [-0.39, 0.29) is 17.9 Å². The van der Waals surface area contributed by atoms with Crippen molar-refractivity contribution in [2.75, 3.05) is 26.1 Å². The Labute approximate surface area is 156 Å². The molecule has 0 radical (unpaired) electrons. The molecule has 0 atom stereocenters. The molecule has 7 nitrogen and oxygen atoms in total. The maximum atomic E-state index is 12.2. The first kappa shape index (κ1) is 19.4. The van der Waals surface area contributed by atoms with Gasteiger partial charge in [-0.2, -0.15) is 0 Å². The molecular weight excluding hydrogens is 360 g/mol. The minimum Gasteiger partial charge on any atom is -0.495 e. The lowest BCUT2D eigenvalue weighted by molar-refractivity contribution is -0.118. The van der Waals surface area contributed by atoms with Crippen molar-refractivity contribution >= 4 is 29.1 Å². The molecule has 3 N–H and O–H groups in total. The van der Waals surface area contributed by atoms with E-state index in [4.69, 9.17) is 31.5 Å². The summed E-state index contributed by atoms with van der Waals surface area (Å²) in [4.78, 5) is 23.7. The van der Waals surface area contributed by atoms with Crippen LogP contribution in [0.3, 0.4) is 0 Å². The average Bonchev–Trinajstić information content (AvgIpc) is 2.60. The van der Waals surface area contributed by atoms with E-state index in [1.807, 2.05) is 6.92 Å². The van der Waals surface area contributed by atoms with Gasteiger partial charge in [0.15, 0.2) is 6.61 Å². The van der Waals surface area contributed by atoms with E-state index in [0.717, 1.165) is 5.56 Å². The molecule has 0 saturated heterocycles. The van der Waals surface area contributed by atoms with Gasteiger partial charge >= 0.3 is 0 Å². The number of carbonyl (C=O) groups excluding carboxylic acids is 2.